The van der Waals surface area contributed by atoms with Crippen LogP contribution in [0.5, 0.6) is 5.75 Å². The van der Waals surface area contributed by atoms with Crippen molar-refractivity contribution >= 4 is 22.4 Å². The third-order valence-electron chi connectivity index (χ3n) is 4.98. The van der Waals surface area contributed by atoms with Crippen molar-refractivity contribution in [2.24, 2.45) is 0 Å². The molecule has 3 aromatic rings. The topological polar surface area (TPSA) is 82.9 Å². The zero-order valence-electron chi connectivity index (χ0n) is 17.2. The van der Waals surface area contributed by atoms with Crippen LogP contribution in [0.25, 0.3) is 22.0 Å². The van der Waals surface area contributed by atoms with E-state index >= 15 is 0 Å². The Bertz CT molecular complexity index is 1230. The standard InChI is InChI=1S/C24H22FN5O/c1-27-13-17-4-3-15(9-21(17)26)12-28-24-20-10-18(16-5-7-19(25)8-6-16)11-22(31-2)23(20)29-14-30-24/h3-11,13-14,26-27H,12H2,1-2H3,(H,28,29,30)/b17-13-,26-21?. The first-order chi connectivity index (χ1) is 15.1. The summed E-state index contributed by atoms with van der Waals surface area (Å²) in [6.45, 7) is 0.501. The van der Waals surface area contributed by atoms with Crippen LogP contribution >= 0.6 is 0 Å². The molecule has 6 nitrogen and oxygen atoms in total. The van der Waals surface area contributed by atoms with Crippen molar-refractivity contribution < 1.29 is 9.13 Å². The number of halogens is 1. The quantitative estimate of drug-likeness (QED) is 0.553. The minimum Gasteiger partial charge on any atom is -0.494 e. The van der Waals surface area contributed by atoms with Crippen molar-refractivity contribution in [1.82, 2.24) is 15.3 Å². The third kappa shape index (κ3) is 4.30. The number of nitrogens with one attached hydrogen (secondary N) is 3. The van der Waals surface area contributed by atoms with Gasteiger partial charge < -0.3 is 20.8 Å². The van der Waals surface area contributed by atoms with Crippen molar-refractivity contribution in [3.63, 3.8) is 0 Å². The maximum atomic E-state index is 13.3. The first-order valence-electron chi connectivity index (χ1n) is 9.76. The molecular formula is C24H22FN5O. The number of methoxy groups -OCH3 is 1. The highest BCUT2D eigenvalue weighted by Gasteiger charge is 2.13. The summed E-state index contributed by atoms with van der Waals surface area (Å²) in [5.74, 6) is 0.988. The zero-order valence-corrected chi connectivity index (χ0v) is 17.2. The summed E-state index contributed by atoms with van der Waals surface area (Å²) in [5, 5.41) is 15.2. The molecule has 7 heteroatoms. The summed E-state index contributed by atoms with van der Waals surface area (Å²) in [6, 6.07) is 10.2. The number of aromatic nitrogens is 2. The van der Waals surface area contributed by atoms with Crippen molar-refractivity contribution in [3.8, 4) is 16.9 Å². The molecule has 156 valence electrons. The Balaban J connectivity index is 1.67. The van der Waals surface area contributed by atoms with E-state index < -0.39 is 0 Å². The molecule has 3 N–H and O–H groups in total. The number of fused-ring (bicyclic) bond motifs is 1. The Kier molecular flexibility index (Phi) is 5.75. The summed E-state index contributed by atoms with van der Waals surface area (Å²) in [5.41, 5.74) is 4.67. The van der Waals surface area contributed by atoms with Gasteiger partial charge in [-0.3, -0.25) is 0 Å². The summed E-state index contributed by atoms with van der Waals surface area (Å²) in [6.07, 6.45) is 8.99. The lowest BCUT2D eigenvalue weighted by Gasteiger charge is -2.14. The van der Waals surface area contributed by atoms with Crippen LogP contribution in [-0.2, 0) is 0 Å². The molecule has 0 amide bonds. The summed E-state index contributed by atoms with van der Waals surface area (Å²) >= 11 is 0. The average Bonchev–Trinajstić information content (AvgIpc) is 2.79. The molecule has 0 saturated heterocycles. The van der Waals surface area contributed by atoms with Crippen LogP contribution in [0.2, 0.25) is 0 Å². The van der Waals surface area contributed by atoms with Gasteiger partial charge in [-0.15, -0.1) is 0 Å². The fourth-order valence-electron chi connectivity index (χ4n) is 3.42. The fourth-order valence-corrected chi connectivity index (χ4v) is 3.42. The fraction of sp³-hybridized carbons (Fsp3) is 0.125. The largest absolute Gasteiger partial charge is 0.494 e. The van der Waals surface area contributed by atoms with Gasteiger partial charge in [0.2, 0.25) is 0 Å². The third-order valence-corrected chi connectivity index (χ3v) is 4.98. The number of benzene rings is 2. The number of hydrogen-bond acceptors (Lipinski definition) is 6. The monoisotopic (exact) mass is 415 g/mol. The molecule has 1 aliphatic rings. The Morgan fingerprint density at radius 3 is 2.61 bits per heavy atom. The van der Waals surface area contributed by atoms with E-state index in [1.807, 2.05) is 37.4 Å². The summed E-state index contributed by atoms with van der Waals surface area (Å²) in [4.78, 5) is 8.80. The number of hydrogen-bond donors (Lipinski definition) is 3. The van der Waals surface area contributed by atoms with Crippen LogP contribution < -0.4 is 15.4 Å². The molecule has 1 aromatic heterocycles. The van der Waals surface area contributed by atoms with Gasteiger partial charge in [-0.2, -0.15) is 0 Å². The van der Waals surface area contributed by atoms with E-state index in [9.17, 15) is 4.39 Å². The van der Waals surface area contributed by atoms with Crippen molar-refractivity contribution in [2.75, 3.05) is 26.0 Å². The van der Waals surface area contributed by atoms with E-state index in [4.69, 9.17) is 10.1 Å². The number of anilines is 1. The van der Waals surface area contributed by atoms with Crippen LogP contribution in [0, 0.1) is 11.2 Å². The number of ether oxygens (including phenoxy) is 1. The van der Waals surface area contributed by atoms with Crippen molar-refractivity contribution in [1.29, 1.82) is 5.41 Å². The van der Waals surface area contributed by atoms with Gasteiger partial charge in [0.1, 0.15) is 29.2 Å². The lowest BCUT2D eigenvalue weighted by Crippen LogP contribution is -2.11. The minimum absolute atomic E-state index is 0.283. The highest BCUT2D eigenvalue weighted by Crippen LogP contribution is 2.34. The van der Waals surface area contributed by atoms with Crippen LogP contribution in [0.4, 0.5) is 10.2 Å². The molecular weight excluding hydrogens is 393 g/mol. The van der Waals surface area contributed by atoms with E-state index in [0.29, 0.717) is 29.3 Å². The minimum atomic E-state index is -0.283. The molecule has 0 aliphatic heterocycles. The molecule has 1 aliphatic carbocycles. The predicted molar refractivity (Wildman–Crippen MR) is 122 cm³/mol. The second-order valence-corrected chi connectivity index (χ2v) is 7.01. The van der Waals surface area contributed by atoms with Gasteiger partial charge in [0.25, 0.3) is 0 Å². The zero-order chi connectivity index (χ0) is 21.8. The molecule has 2 aromatic carbocycles. The normalized spacial score (nSPS) is 14.6. The predicted octanol–water partition coefficient (Wildman–Crippen LogP) is 4.48. The number of rotatable bonds is 6. The first kappa shape index (κ1) is 20.3. The Morgan fingerprint density at radius 2 is 1.90 bits per heavy atom. The first-order valence-corrected chi connectivity index (χ1v) is 9.76. The van der Waals surface area contributed by atoms with E-state index in [-0.39, 0.29) is 5.82 Å². The lowest BCUT2D eigenvalue weighted by atomic mass is 10.0. The van der Waals surface area contributed by atoms with Gasteiger partial charge in [-0.25, -0.2) is 14.4 Å². The van der Waals surface area contributed by atoms with E-state index in [2.05, 4.69) is 20.6 Å². The molecule has 0 spiro atoms. The molecule has 0 unspecified atom stereocenters. The van der Waals surface area contributed by atoms with Crippen LogP contribution in [0.3, 0.4) is 0 Å². The highest BCUT2D eigenvalue weighted by molar-refractivity contribution is 6.10. The average molecular weight is 415 g/mol. The maximum Gasteiger partial charge on any atom is 0.145 e. The SMILES string of the molecule is CN/C=C1/C=CC(CNc2ncnc3c(OC)cc(-c4ccc(F)cc4)cc23)=CC1=N. The molecule has 0 bridgehead atoms. The van der Waals surface area contributed by atoms with Crippen LogP contribution in [0.15, 0.2) is 78.3 Å². The van der Waals surface area contributed by atoms with Gasteiger partial charge in [-0.05, 0) is 47.0 Å². The van der Waals surface area contributed by atoms with Gasteiger partial charge >= 0.3 is 0 Å². The molecule has 1 heterocycles. The molecule has 31 heavy (non-hydrogen) atoms. The second kappa shape index (κ2) is 8.79. The molecule has 0 saturated carbocycles. The number of allylic oxidation sites excluding steroid dienone is 3. The van der Waals surface area contributed by atoms with Gasteiger partial charge in [0.05, 0.1) is 12.8 Å². The highest BCUT2D eigenvalue weighted by atomic mass is 19.1. The molecule has 0 fully saturated rings. The summed E-state index contributed by atoms with van der Waals surface area (Å²) in [7, 11) is 3.40. The summed E-state index contributed by atoms with van der Waals surface area (Å²) < 4.78 is 18.9. The Hall–Kier alpha value is -4.00. The van der Waals surface area contributed by atoms with E-state index in [1.165, 1.54) is 18.5 Å². The van der Waals surface area contributed by atoms with Gasteiger partial charge in [0.15, 0.2) is 0 Å². The van der Waals surface area contributed by atoms with Crippen LogP contribution in [0.1, 0.15) is 0 Å². The maximum absolute atomic E-state index is 13.3. The van der Waals surface area contributed by atoms with Gasteiger partial charge in [-0.1, -0.05) is 24.3 Å². The van der Waals surface area contributed by atoms with Crippen LogP contribution in [-0.4, -0.2) is 36.4 Å². The number of nitrogens with zero attached hydrogens (tertiary/aromatic N) is 2. The molecule has 4 rings (SSSR count). The second-order valence-electron chi connectivity index (χ2n) is 7.01. The van der Waals surface area contributed by atoms with Crippen molar-refractivity contribution in [3.05, 3.63) is 84.1 Å². The Morgan fingerprint density at radius 1 is 1.10 bits per heavy atom. The van der Waals surface area contributed by atoms with E-state index in [1.54, 1.807) is 25.4 Å². The van der Waals surface area contributed by atoms with E-state index in [0.717, 1.165) is 27.7 Å². The lowest BCUT2D eigenvalue weighted by molar-refractivity contribution is 0.419. The smallest absolute Gasteiger partial charge is 0.145 e. The molecule has 0 radical (unpaired) electrons. The van der Waals surface area contributed by atoms with Gasteiger partial charge in [0, 0.05) is 30.8 Å². The van der Waals surface area contributed by atoms with Crippen molar-refractivity contribution in [2.45, 2.75) is 0 Å². The Labute approximate surface area is 179 Å². The molecule has 0 atom stereocenters.